The van der Waals surface area contributed by atoms with Crippen molar-refractivity contribution in [3.8, 4) is 17.1 Å². The molecule has 90 valence electrons. The van der Waals surface area contributed by atoms with Crippen LogP contribution in [0.15, 0.2) is 39.8 Å². The fourth-order valence-electron chi connectivity index (χ4n) is 1.72. The van der Waals surface area contributed by atoms with Crippen molar-refractivity contribution >= 4 is 11.0 Å². The van der Waals surface area contributed by atoms with E-state index in [2.05, 4.69) is 9.97 Å². The molecule has 5 nitrogen and oxygen atoms in total. The monoisotopic (exact) mass is 246 g/mol. The Hall–Kier alpha value is -2.63. The van der Waals surface area contributed by atoms with Gasteiger partial charge in [0, 0.05) is 17.8 Å². The first-order valence-electron chi connectivity index (χ1n) is 5.12. The molecule has 18 heavy (non-hydrogen) atoms. The van der Waals surface area contributed by atoms with E-state index in [1.54, 1.807) is 6.20 Å². The number of H-pyrrole nitrogens is 1. The summed E-state index contributed by atoms with van der Waals surface area (Å²) in [6.45, 7) is 0. The number of aromatic hydroxyl groups is 1. The second-order valence-electron chi connectivity index (χ2n) is 3.70. The van der Waals surface area contributed by atoms with Gasteiger partial charge in [-0.05, 0) is 18.2 Å². The molecular weight excluding hydrogens is 239 g/mol. The lowest BCUT2D eigenvalue weighted by atomic mass is 10.1. The van der Waals surface area contributed by atoms with Crippen molar-refractivity contribution in [3.63, 3.8) is 0 Å². The SMILES string of the molecule is O=c1oc2c(F)c(O)ccc2cc1-c1ncc[nH]1. The number of imidazole rings is 1. The molecule has 0 aliphatic heterocycles. The van der Waals surface area contributed by atoms with E-state index in [4.69, 9.17) is 4.42 Å². The minimum Gasteiger partial charge on any atom is -0.505 e. The number of fused-ring (bicyclic) bond motifs is 1. The summed E-state index contributed by atoms with van der Waals surface area (Å²) < 4.78 is 18.4. The lowest BCUT2D eigenvalue weighted by molar-refractivity contribution is 0.425. The van der Waals surface area contributed by atoms with E-state index in [0.717, 1.165) is 0 Å². The molecule has 0 spiro atoms. The van der Waals surface area contributed by atoms with Crippen molar-refractivity contribution in [2.24, 2.45) is 0 Å². The number of nitrogens with one attached hydrogen (secondary N) is 1. The van der Waals surface area contributed by atoms with Crippen LogP contribution in [0.1, 0.15) is 0 Å². The number of halogens is 1. The van der Waals surface area contributed by atoms with Gasteiger partial charge in [0.05, 0.1) is 0 Å². The Kier molecular flexibility index (Phi) is 2.16. The predicted molar refractivity (Wildman–Crippen MR) is 61.7 cm³/mol. The van der Waals surface area contributed by atoms with E-state index in [1.807, 2.05) is 0 Å². The summed E-state index contributed by atoms with van der Waals surface area (Å²) in [5.41, 5.74) is -0.783. The van der Waals surface area contributed by atoms with E-state index in [9.17, 15) is 14.3 Å². The Morgan fingerprint density at radius 1 is 1.39 bits per heavy atom. The highest BCUT2D eigenvalue weighted by Gasteiger charge is 2.14. The van der Waals surface area contributed by atoms with Gasteiger partial charge in [0.15, 0.2) is 11.3 Å². The van der Waals surface area contributed by atoms with Crippen molar-refractivity contribution in [1.82, 2.24) is 9.97 Å². The molecule has 0 atom stereocenters. The zero-order valence-electron chi connectivity index (χ0n) is 8.98. The van der Waals surface area contributed by atoms with Crippen LogP contribution >= 0.6 is 0 Å². The number of nitrogens with zero attached hydrogens (tertiary/aromatic N) is 1. The van der Waals surface area contributed by atoms with E-state index in [0.29, 0.717) is 11.2 Å². The summed E-state index contributed by atoms with van der Waals surface area (Å²) in [7, 11) is 0. The number of aromatic amines is 1. The van der Waals surface area contributed by atoms with E-state index in [-0.39, 0.29) is 11.1 Å². The molecule has 0 saturated heterocycles. The number of phenols is 1. The number of benzene rings is 1. The summed E-state index contributed by atoms with van der Waals surface area (Å²) in [4.78, 5) is 18.4. The van der Waals surface area contributed by atoms with Gasteiger partial charge in [-0.15, -0.1) is 0 Å². The molecule has 2 heterocycles. The minimum atomic E-state index is -0.949. The van der Waals surface area contributed by atoms with Crippen molar-refractivity contribution in [2.45, 2.75) is 0 Å². The van der Waals surface area contributed by atoms with Gasteiger partial charge in [-0.3, -0.25) is 0 Å². The minimum absolute atomic E-state index is 0.206. The lowest BCUT2D eigenvalue weighted by Gasteiger charge is -2.02. The average Bonchev–Trinajstić information content (AvgIpc) is 2.88. The summed E-state index contributed by atoms with van der Waals surface area (Å²) in [6.07, 6.45) is 3.06. The van der Waals surface area contributed by atoms with Crippen LogP contribution in [0.4, 0.5) is 4.39 Å². The zero-order valence-corrected chi connectivity index (χ0v) is 8.98. The molecule has 2 aromatic heterocycles. The first-order chi connectivity index (χ1) is 8.66. The molecule has 0 radical (unpaired) electrons. The first-order valence-corrected chi connectivity index (χ1v) is 5.12. The Bertz CT molecular complexity index is 778. The van der Waals surface area contributed by atoms with E-state index in [1.165, 1.54) is 24.4 Å². The Morgan fingerprint density at radius 2 is 2.22 bits per heavy atom. The Morgan fingerprint density at radius 3 is 2.94 bits per heavy atom. The molecule has 0 fully saturated rings. The number of rotatable bonds is 1. The van der Waals surface area contributed by atoms with Gasteiger partial charge in [-0.2, -0.15) is 4.39 Å². The van der Waals surface area contributed by atoms with Crippen molar-refractivity contribution in [2.75, 3.05) is 0 Å². The molecule has 0 unspecified atom stereocenters. The van der Waals surface area contributed by atoms with Gasteiger partial charge in [-0.25, -0.2) is 9.78 Å². The third-order valence-electron chi connectivity index (χ3n) is 2.58. The molecule has 0 amide bonds. The zero-order chi connectivity index (χ0) is 12.7. The molecule has 0 aliphatic rings. The van der Waals surface area contributed by atoms with E-state index < -0.39 is 17.2 Å². The van der Waals surface area contributed by atoms with Crippen LogP contribution in [0.3, 0.4) is 0 Å². The van der Waals surface area contributed by atoms with Gasteiger partial charge in [0.25, 0.3) is 0 Å². The van der Waals surface area contributed by atoms with Gasteiger partial charge in [0.2, 0.25) is 5.82 Å². The number of phenolic OH excluding ortho intramolecular Hbond substituents is 1. The fraction of sp³-hybridized carbons (Fsp3) is 0. The Balaban J connectivity index is 2.36. The molecule has 3 aromatic rings. The maximum absolute atomic E-state index is 13.5. The molecule has 1 aromatic carbocycles. The highest BCUT2D eigenvalue weighted by molar-refractivity contribution is 5.82. The quantitative estimate of drug-likeness (QED) is 0.644. The highest BCUT2D eigenvalue weighted by atomic mass is 19.1. The topological polar surface area (TPSA) is 79.1 Å². The van der Waals surface area contributed by atoms with Gasteiger partial charge in [0.1, 0.15) is 11.4 Å². The molecule has 0 bridgehead atoms. The van der Waals surface area contributed by atoms with Crippen LogP contribution in [0.25, 0.3) is 22.4 Å². The summed E-state index contributed by atoms with van der Waals surface area (Å²) in [5, 5.41) is 9.58. The number of aromatic nitrogens is 2. The maximum Gasteiger partial charge on any atom is 0.347 e. The average molecular weight is 246 g/mol. The molecule has 0 saturated carbocycles. The van der Waals surface area contributed by atoms with Crippen LogP contribution in [-0.2, 0) is 0 Å². The van der Waals surface area contributed by atoms with Crippen LogP contribution in [-0.4, -0.2) is 15.1 Å². The second-order valence-corrected chi connectivity index (χ2v) is 3.70. The summed E-state index contributed by atoms with van der Waals surface area (Å²) in [5.74, 6) is -1.16. The normalized spacial score (nSPS) is 10.9. The molecule has 0 aliphatic carbocycles. The lowest BCUT2D eigenvalue weighted by Crippen LogP contribution is -2.04. The predicted octanol–water partition coefficient (Wildman–Crippen LogP) is 2.03. The van der Waals surface area contributed by atoms with Crippen LogP contribution in [0, 0.1) is 5.82 Å². The summed E-state index contributed by atoms with van der Waals surface area (Å²) in [6, 6.07) is 4.12. The van der Waals surface area contributed by atoms with Crippen molar-refractivity contribution in [3.05, 3.63) is 46.8 Å². The molecule has 6 heteroatoms. The van der Waals surface area contributed by atoms with Crippen molar-refractivity contribution in [1.29, 1.82) is 0 Å². The standard InChI is InChI=1S/C12H7FN2O3/c13-9-8(16)2-1-6-5-7(11-14-3-4-15-11)12(17)18-10(6)9/h1-5,16H,(H,14,15). The third kappa shape index (κ3) is 1.46. The van der Waals surface area contributed by atoms with Crippen LogP contribution in [0.5, 0.6) is 5.75 Å². The van der Waals surface area contributed by atoms with Gasteiger partial charge in [-0.1, -0.05) is 0 Å². The van der Waals surface area contributed by atoms with Gasteiger partial charge >= 0.3 is 5.63 Å². The molecule has 2 N–H and O–H groups in total. The highest BCUT2D eigenvalue weighted by Crippen LogP contribution is 2.26. The Labute approximate surface area is 99.5 Å². The van der Waals surface area contributed by atoms with Gasteiger partial charge < -0.3 is 14.5 Å². The van der Waals surface area contributed by atoms with E-state index >= 15 is 0 Å². The molecule has 3 rings (SSSR count). The first kappa shape index (κ1) is 10.5. The summed E-state index contributed by atoms with van der Waals surface area (Å²) >= 11 is 0. The second kappa shape index (κ2) is 3.69. The maximum atomic E-state index is 13.5. The van der Waals surface area contributed by atoms with Crippen molar-refractivity contribution < 1.29 is 13.9 Å². The molecular formula is C12H7FN2O3. The van der Waals surface area contributed by atoms with Crippen LogP contribution < -0.4 is 5.63 Å². The van der Waals surface area contributed by atoms with Crippen LogP contribution in [0.2, 0.25) is 0 Å². The smallest absolute Gasteiger partial charge is 0.347 e. The largest absolute Gasteiger partial charge is 0.505 e. The number of hydrogen-bond acceptors (Lipinski definition) is 4. The fourth-order valence-corrected chi connectivity index (χ4v) is 1.72. The third-order valence-corrected chi connectivity index (χ3v) is 2.58. The number of hydrogen-bond donors (Lipinski definition) is 2.